The Bertz CT molecular complexity index is 718. The van der Waals surface area contributed by atoms with Crippen molar-refractivity contribution in [2.24, 2.45) is 0 Å². The fourth-order valence-electron chi connectivity index (χ4n) is 2.70. The second-order valence-electron chi connectivity index (χ2n) is 5.54. The summed E-state index contributed by atoms with van der Waals surface area (Å²) < 4.78 is 27.4. The molecule has 1 saturated heterocycles. The van der Waals surface area contributed by atoms with E-state index in [9.17, 15) is 13.6 Å². The Labute approximate surface area is 144 Å². The summed E-state index contributed by atoms with van der Waals surface area (Å²) in [7, 11) is 0. The Morgan fingerprint density at radius 3 is 2.21 bits per heavy atom. The van der Waals surface area contributed by atoms with Gasteiger partial charge in [0.2, 0.25) is 5.91 Å². The molecule has 2 aromatic rings. The number of benzene rings is 2. The van der Waals surface area contributed by atoms with Crippen molar-refractivity contribution in [1.82, 2.24) is 4.90 Å². The van der Waals surface area contributed by atoms with E-state index >= 15 is 0 Å². The van der Waals surface area contributed by atoms with Gasteiger partial charge in [-0.25, -0.2) is 8.78 Å². The lowest BCUT2D eigenvalue weighted by atomic mass is 10.2. The average Bonchev–Trinajstić information content (AvgIpc) is 2.61. The number of carbonyl (C=O) groups is 1. The van der Waals surface area contributed by atoms with Crippen molar-refractivity contribution < 1.29 is 13.6 Å². The number of para-hydroxylation sites is 1. The second kappa shape index (κ2) is 7.66. The van der Waals surface area contributed by atoms with Gasteiger partial charge in [0.1, 0.15) is 11.6 Å². The topological polar surface area (TPSA) is 23.6 Å². The van der Waals surface area contributed by atoms with Gasteiger partial charge < -0.3 is 9.80 Å². The molecule has 126 valence electrons. The van der Waals surface area contributed by atoms with Gasteiger partial charge in [0.25, 0.3) is 0 Å². The van der Waals surface area contributed by atoms with E-state index in [0.29, 0.717) is 36.8 Å². The Kier molecular flexibility index (Phi) is 5.35. The largest absolute Gasteiger partial charge is 0.366 e. The van der Waals surface area contributed by atoms with Gasteiger partial charge >= 0.3 is 0 Å². The predicted octanol–water partition coefficient (Wildman–Crippen LogP) is 3.41. The molecule has 0 unspecified atom stereocenters. The van der Waals surface area contributed by atoms with Gasteiger partial charge in [0.05, 0.1) is 11.4 Å². The van der Waals surface area contributed by atoms with Crippen LogP contribution in [0.4, 0.5) is 14.5 Å². The summed E-state index contributed by atoms with van der Waals surface area (Å²) in [6.45, 7) is 2.28. The molecule has 0 spiro atoms. The summed E-state index contributed by atoms with van der Waals surface area (Å²) in [5.74, 6) is -0.357. The van der Waals surface area contributed by atoms with E-state index in [1.54, 1.807) is 41.3 Å². The van der Waals surface area contributed by atoms with Crippen LogP contribution >= 0.6 is 11.8 Å². The van der Waals surface area contributed by atoms with Crippen molar-refractivity contribution in [3.8, 4) is 0 Å². The molecule has 1 aliphatic heterocycles. The van der Waals surface area contributed by atoms with Crippen molar-refractivity contribution in [2.45, 2.75) is 4.90 Å². The summed E-state index contributed by atoms with van der Waals surface area (Å²) in [4.78, 5) is 16.5. The van der Waals surface area contributed by atoms with Crippen molar-refractivity contribution in [1.29, 1.82) is 0 Å². The van der Waals surface area contributed by atoms with Crippen molar-refractivity contribution >= 4 is 23.4 Å². The smallest absolute Gasteiger partial charge is 0.233 e. The van der Waals surface area contributed by atoms with E-state index in [1.807, 2.05) is 4.90 Å². The van der Waals surface area contributed by atoms with Crippen LogP contribution < -0.4 is 4.90 Å². The molecule has 0 aliphatic carbocycles. The fourth-order valence-corrected chi connectivity index (χ4v) is 3.54. The quantitative estimate of drug-likeness (QED) is 0.791. The highest BCUT2D eigenvalue weighted by molar-refractivity contribution is 8.00. The van der Waals surface area contributed by atoms with Crippen LogP contribution in [0.15, 0.2) is 53.4 Å². The highest BCUT2D eigenvalue weighted by atomic mass is 32.2. The molecule has 0 radical (unpaired) electrons. The third-order valence-electron chi connectivity index (χ3n) is 4.01. The Balaban J connectivity index is 1.52. The van der Waals surface area contributed by atoms with Crippen molar-refractivity contribution in [3.63, 3.8) is 0 Å². The molecule has 1 amide bonds. The Morgan fingerprint density at radius 1 is 0.917 bits per heavy atom. The van der Waals surface area contributed by atoms with Crippen LogP contribution in [0.3, 0.4) is 0 Å². The molecule has 1 heterocycles. The Hall–Kier alpha value is -2.08. The first-order valence-electron chi connectivity index (χ1n) is 7.80. The fraction of sp³-hybridized carbons (Fsp3) is 0.278. The molecule has 0 aromatic heterocycles. The van der Waals surface area contributed by atoms with Gasteiger partial charge in [-0.3, -0.25) is 4.79 Å². The number of thioether (sulfide) groups is 1. The number of halogens is 2. The SMILES string of the molecule is O=C(CSc1ccccc1F)N1CCN(c2ccccc2F)CC1. The van der Waals surface area contributed by atoms with E-state index in [4.69, 9.17) is 0 Å². The third-order valence-corrected chi connectivity index (χ3v) is 5.05. The minimum Gasteiger partial charge on any atom is -0.366 e. The van der Waals surface area contributed by atoms with E-state index in [0.717, 1.165) is 0 Å². The number of hydrogen-bond acceptors (Lipinski definition) is 3. The zero-order valence-electron chi connectivity index (χ0n) is 13.1. The van der Waals surface area contributed by atoms with Gasteiger partial charge in [-0.2, -0.15) is 0 Å². The monoisotopic (exact) mass is 348 g/mol. The molecular formula is C18H18F2N2OS. The van der Waals surface area contributed by atoms with Gasteiger partial charge in [0, 0.05) is 31.1 Å². The molecule has 3 rings (SSSR count). The number of nitrogens with zero attached hydrogens (tertiary/aromatic N) is 2. The number of amides is 1. The van der Waals surface area contributed by atoms with Gasteiger partial charge in [-0.05, 0) is 24.3 Å². The lowest BCUT2D eigenvalue weighted by molar-refractivity contribution is -0.128. The number of anilines is 1. The van der Waals surface area contributed by atoms with Gasteiger partial charge in [0.15, 0.2) is 0 Å². The van der Waals surface area contributed by atoms with Crippen molar-refractivity contribution in [2.75, 3.05) is 36.8 Å². The standard InChI is InChI=1S/C18H18F2N2OS/c19-14-5-1-3-7-16(14)21-9-11-22(12-10-21)18(23)13-24-17-8-4-2-6-15(17)20/h1-8H,9-13H2. The summed E-state index contributed by atoms with van der Waals surface area (Å²) in [6, 6.07) is 13.1. The third kappa shape index (κ3) is 3.87. The molecule has 2 aromatic carbocycles. The summed E-state index contributed by atoms with van der Waals surface area (Å²) >= 11 is 1.21. The van der Waals surface area contributed by atoms with E-state index in [1.165, 1.54) is 23.9 Å². The van der Waals surface area contributed by atoms with Gasteiger partial charge in [-0.15, -0.1) is 11.8 Å². The summed E-state index contributed by atoms with van der Waals surface area (Å²) in [5.41, 5.74) is 0.574. The lowest BCUT2D eigenvalue weighted by Gasteiger charge is -2.36. The van der Waals surface area contributed by atoms with Crippen LogP contribution in [0.2, 0.25) is 0 Å². The molecule has 6 heteroatoms. The van der Waals surface area contributed by atoms with E-state index in [-0.39, 0.29) is 23.3 Å². The maximum absolute atomic E-state index is 13.8. The maximum Gasteiger partial charge on any atom is 0.233 e. The number of hydrogen-bond donors (Lipinski definition) is 0. The molecule has 1 fully saturated rings. The predicted molar refractivity (Wildman–Crippen MR) is 92.3 cm³/mol. The molecule has 3 nitrogen and oxygen atoms in total. The molecular weight excluding hydrogens is 330 g/mol. The first-order valence-corrected chi connectivity index (χ1v) is 8.78. The van der Waals surface area contributed by atoms with Crippen LogP contribution in [0, 0.1) is 11.6 Å². The molecule has 24 heavy (non-hydrogen) atoms. The first kappa shape index (κ1) is 16.8. The molecule has 1 aliphatic rings. The van der Waals surface area contributed by atoms with Crippen LogP contribution in [0.1, 0.15) is 0 Å². The lowest BCUT2D eigenvalue weighted by Crippen LogP contribution is -2.49. The maximum atomic E-state index is 13.8. The Morgan fingerprint density at radius 2 is 1.54 bits per heavy atom. The van der Waals surface area contributed by atoms with Crippen molar-refractivity contribution in [3.05, 3.63) is 60.2 Å². The second-order valence-corrected chi connectivity index (χ2v) is 6.56. The van der Waals surface area contributed by atoms with Gasteiger partial charge in [-0.1, -0.05) is 24.3 Å². The minimum absolute atomic E-state index is 0.0172. The number of carbonyl (C=O) groups excluding carboxylic acids is 1. The first-order chi connectivity index (χ1) is 11.6. The highest BCUT2D eigenvalue weighted by Crippen LogP contribution is 2.23. The van der Waals surface area contributed by atoms with E-state index < -0.39 is 0 Å². The molecule has 0 bridgehead atoms. The summed E-state index contributed by atoms with van der Waals surface area (Å²) in [6.07, 6.45) is 0. The van der Waals surface area contributed by atoms with E-state index in [2.05, 4.69) is 0 Å². The number of piperazine rings is 1. The summed E-state index contributed by atoms with van der Waals surface area (Å²) in [5, 5.41) is 0. The molecule has 0 atom stereocenters. The zero-order chi connectivity index (χ0) is 16.9. The molecule has 0 N–H and O–H groups in total. The van der Waals surface area contributed by atoms with Crippen LogP contribution in [0.5, 0.6) is 0 Å². The van der Waals surface area contributed by atoms with Crippen LogP contribution in [0.25, 0.3) is 0 Å². The zero-order valence-corrected chi connectivity index (χ0v) is 13.9. The minimum atomic E-state index is -0.306. The average molecular weight is 348 g/mol. The number of rotatable bonds is 4. The normalized spacial score (nSPS) is 14.8. The van der Waals surface area contributed by atoms with Crippen LogP contribution in [-0.4, -0.2) is 42.7 Å². The highest BCUT2D eigenvalue weighted by Gasteiger charge is 2.22. The molecule has 0 saturated carbocycles. The van der Waals surface area contributed by atoms with Crippen LogP contribution in [-0.2, 0) is 4.79 Å².